The van der Waals surface area contributed by atoms with E-state index in [1.54, 1.807) is 30.3 Å². The monoisotopic (exact) mass is 926 g/mol. The highest BCUT2D eigenvalue weighted by molar-refractivity contribution is 5.97. The van der Waals surface area contributed by atoms with Crippen molar-refractivity contribution in [3.8, 4) is 5.75 Å². The molecule has 0 aromatic heterocycles. The van der Waals surface area contributed by atoms with Crippen LogP contribution < -0.4 is 43.0 Å². The van der Waals surface area contributed by atoms with Crippen molar-refractivity contribution in [2.24, 2.45) is 11.7 Å². The van der Waals surface area contributed by atoms with Crippen LogP contribution in [0.15, 0.2) is 54.6 Å². The number of nitrogens with two attached hydrogens (primary N) is 1. The molecule has 0 unspecified atom stereocenters. The molecule has 0 spiro atoms. The Kier molecular flexibility index (Phi) is 21.8. The first kappa shape index (κ1) is 53.0. The quantitative estimate of drug-likeness (QED) is 0.0489. The number of amides is 8. The molecule has 23 heteroatoms. The minimum absolute atomic E-state index is 0.0613. The predicted molar refractivity (Wildman–Crippen MR) is 230 cm³/mol. The van der Waals surface area contributed by atoms with E-state index in [0.717, 1.165) is 12.8 Å². The van der Waals surface area contributed by atoms with Crippen LogP contribution in [0.4, 0.5) is 4.79 Å². The summed E-state index contributed by atoms with van der Waals surface area (Å²) in [7, 11) is 0. The Hall–Kier alpha value is -7.30. The number of carboxylic acid groups (broad SMARTS) is 2. The normalized spacial score (nSPS) is 14.9. The number of phenols is 1. The van der Waals surface area contributed by atoms with Crippen LogP contribution >= 0.6 is 0 Å². The van der Waals surface area contributed by atoms with Crippen molar-refractivity contribution in [1.29, 1.82) is 0 Å². The average Bonchev–Trinajstić information content (AvgIpc) is 3.80. The molecule has 1 saturated carbocycles. The second-order valence-electron chi connectivity index (χ2n) is 15.7. The number of aliphatic hydroxyl groups excluding tert-OH is 1. The molecule has 66 heavy (non-hydrogen) atoms. The third kappa shape index (κ3) is 19.2. The number of carboxylic acids is 2. The van der Waals surface area contributed by atoms with Gasteiger partial charge in [0.15, 0.2) is 0 Å². The Morgan fingerprint density at radius 3 is 1.77 bits per heavy atom. The van der Waals surface area contributed by atoms with E-state index in [0.29, 0.717) is 24.0 Å². The second kappa shape index (κ2) is 27.1. The Morgan fingerprint density at radius 1 is 0.652 bits per heavy atom. The summed E-state index contributed by atoms with van der Waals surface area (Å²) in [5.41, 5.74) is 6.57. The maximum Gasteiger partial charge on any atom is 0.408 e. The van der Waals surface area contributed by atoms with Gasteiger partial charge in [-0.15, -0.1) is 0 Å². The maximum atomic E-state index is 14.0. The molecule has 0 bridgehead atoms. The molecule has 1 fully saturated rings. The number of carbonyl (C=O) groups is 10. The first-order valence-corrected chi connectivity index (χ1v) is 21.2. The van der Waals surface area contributed by atoms with Crippen LogP contribution in [0.25, 0.3) is 0 Å². The Balaban J connectivity index is 1.71. The number of benzene rings is 2. The Morgan fingerprint density at radius 2 is 1.18 bits per heavy atom. The van der Waals surface area contributed by atoms with Gasteiger partial charge in [-0.1, -0.05) is 68.1 Å². The minimum atomic E-state index is -1.75. The number of ether oxygens (including phenoxy) is 1. The molecule has 360 valence electrons. The number of aliphatic carboxylic acids is 2. The van der Waals surface area contributed by atoms with Crippen LogP contribution in [-0.4, -0.2) is 129 Å². The zero-order valence-corrected chi connectivity index (χ0v) is 36.3. The fourth-order valence-electron chi connectivity index (χ4n) is 6.83. The summed E-state index contributed by atoms with van der Waals surface area (Å²) < 4.78 is 5.08. The van der Waals surface area contributed by atoms with Gasteiger partial charge in [0, 0.05) is 19.3 Å². The smallest absolute Gasteiger partial charge is 0.408 e. The number of primary amides is 1. The first-order valence-electron chi connectivity index (χ1n) is 21.2. The summed E-state index contributed by atoms with van der Waals surface area (Å²) in [4.78, 5) is 127. The fraction of sp³-hybridized carbons (Fsp3) is 0.488. The van der Waals surface area contributed by atoms with E-state index in [2.05, 4.69) is 37.2 Å². The van der Waals surface area contributed by atoms with E-state index < -0.39 is 128 Å². The number of aliphatic hydroxyl groups is 1. The van der Waals surface area contributed by atoms with Crippen LogP contribution in [0.2, 0.25) is 0 Å². The second-order valence-corrected chi connectivity index (χ2v) is 15.7. The van der Waals surface area contributed by atoms with Gasteiger partial charge in [0.1, 0.15) is 48.6 Å². The summed E-state index contributed by atoms with van der Waals surface area (Å²) in [5, 5.41) is 55.0. The highest BCUT2D eigenvalue weighted by Gasteiger charge is 2.34. The topological polar surface area (TPSA) is 371 Å². The molecule has 23 nitrogen and oxygen atoms in total. The third-order valence-electron chi connectivity index (χ3n) is 10.5. The van der Waals surface area contributed by atoms with Gasteiger partial charge in [-0.05, 0) is 55.4 Å². The van der Waals surface area contributed by atoms with Gasteiger partial charge in [-0.25, -0.2) is 4.79 Å². The van der Waals surface area contributed by atoms with Crippen molar-refractivity contribution in [3.05, 3.63) is 65.7 Å². The van der Waals surface area contributed by atoms with Gasteiger partial charge < -0.3 is 68.1 Å². The van der Waals surface area contributed by atoms with E-state index in [-0.39, 0.29) is 37.5 Å². The van der Waals surface area contributed by atoms with Gasteiger partial charge in [-0.2, -0.15) is 0 Å². The van der Waals surface area contributed by atoms with Crippen LogP contribution in [-0.2, 0) is 60.9 Å². The lowest BCUT2D eigenvalue weighted by Crippen LogP contribution is -2.60. The van der Waals surface area contributed by atoms with Crippen molar-refractivity contribution < 1.29 is 73.1 Å². The van der Waals surface area contributed by atoms with Crippen molar-refractivity contribution >= 4 is 59.4 Å². The predicted octanol–water partition coefficient (Wildman–Crippen LogP) is -1.42. The van der Waals surface area contributed by atoms with Crippen molar-refractivity contribution in [3.63, 3.8) is 0 Å². The molecule has 0 aliphatic heterocycles. The zero-order valence-electron chi connectivity index (χ0n) is 36.3. The number of carbonyl (C=O) groups excluding carboxylic acids is 8. The molecule has 1 aliphatic rings. The Bertz CT molecular complexity index is 2010. The molecule has 0 saturated heterocycles. The minimum Gasteiger partial charge on any atom is -0.508 e. The standard InChI is InChI=1S/C43H58N8O15/c1-24(46-43(65)66-23-27-9-3-2-4-10-27)38(60)45-21-34(54)47-30(16-18-36(57)58)39(61)51-33(22-52)42(64)50-31(19-25-7-5-6-8-25)41(63)49-32(20-26-11-13-28(53)14-12-26)40(62)48-29(37(44)59)15-17-35(55)56/h2-4,9-14,24-25,29-33,52-53H,5-8,15-23H2,1H3,(H2,44,59)(H,45,60)(H,46,65)(H,47,54)(H,48,62)(H,49,63)(H,50,64)(H,51,61)(H,55,56)(H,57,58)/t24-,29-,30-,31-,32-,33-/m0/s1. The van der Waals surface area contributed by atoms with Gasteiger partial charge >= 0.3 is 18.0 Å². The molecule has 1 aliphatic carbocycles. The zero-order chi connectivity index (χ0) is 48.8. The molecular formula is C43H58N8O15. The van der Waals surface area contributed by atoms with E-state index >= 15 is 0 Å². The van der Waals surface area contributed by atoms with E-state index in [1.165, 1.54) is 31.2 Å². The number of rotatable bonds is 27. The molecular weight excluding hydrogens is 869 g/mol. The summed E-state index contributed by atoms with van der Waals surface area (Å²) in [6, 6.07) is 5.60. The van der Waals surface area contributed by atoms with E-state index in [1.807, 2.05) is 0 Å². The van der Waals surface area contributed by atoms with Crippen molar-refractivity contribution in [2.75, 3.05) is 13.2 Å². The van der Waals surface area contributed by atoms with Gasteiger partial charge in [0.05, 0.1) is 13.2 Å². The van der Waals surface area contributed by atoms with Crippen molar-refractivity contribution in [1.82, 2.24) is 37.2 Å². The third-order valence-corrected chi connectivity index (χ3v) is 10.5. The van der Waals surface area contributed by atoms with Crippen LogP contribution in [0.1, 0.15) is 75.8 Å². The first-order chi connectivity index (χ1) is 31.3. The fourth-order valence-corrected chi connectivity index (χ4v) is 6.83. The lowest BCUT2D eigenvalue weighted by atomic mass is 9.96. The molecule has 6 atom stereocenters. The van der Waals surface area contributed by atoms with Crippen molar-refractivity contribution in [2.45, 2.75) is 114 Å². The summed E-state index contributed by atoms with van der Waals surface area (Å²) in [5.74, 6) is -9.50. The molecule has 2 aromatic rings. The molecule has 13 N–H and O–H groups in total. The van der Waals surface area contributed by atoms with Gasteiger partial charge in [-0.3, -0.25) is 43.2 Å². The summed E-state index contributed by atoms with van der Waals surface area (Å²) in [6.07, 6.45) is 0.0397. The van der Waals surface area contributed by atoms with Gasteiger partial charge in [0.25, 0.3) is 0 Å². The maximum absolute atomic E-state index is 14.0. The molecule has 8 amide bonds. The number of aromatic hydroxyl groups is 1. The summed E-state index contributed by atoms with van der Waals surface area (Å²) in [6.45, 7) is -0.494. The SMILES string of the molecule is C[C@H](NC(=O)OCc1ccccc1)C(=O)NCC(=O)N[C@@H](CCC(=O)O)C(=O)N[C@@H](CO)C(=O)N[C@@H](CC1CCCC1)C(=O)N[C@@H](Cc1ccc(O)cc1)C(=O)N[C@@H](CCC(=O)O)C(N)=O. The molecule has 0 heterocycles. The number of hydrogen-bond donors (Lipinski definition) is 12. The highest BCUT2D eigenvalue weighted by Crippen LogP contribution is 2.29. The highest BCUT2D eigenvalue weighted by atomic mass is 16.5. The lowest BCUT2D eigenvalue weighted by Gasteiger charge is -2.27. The Labute approximate surface area is 379 Å². The van der Waals surface area contributed by atoms with E-state index in [4.69, 9.17) is 15.6 Å². The summed E-state index contributed by atoms with van der Waals surface area (Å²) >= 11 is 0. The lowest BCUT2D eigenvalue weighted by molar-refractivity contribution is -0.139. The van der Waals surface area contributed by atoms with Crippen LogP contribution in [0, 0.1) is 5.92 Å². The molecule has 3 rings (SSSR count). The van der Waals surface area contributed by atoms with Crippen LogP contribution in [0.5, 0.6) is 5.75 Å². The number of hydrogen-bond acceptors (Lipinski definition) is 13. The van der Waals surface area contributed by atoms with Gasteiger partial charge in [0.2, 0.25) is 41.4 Å². The molecule has 0 radical (unpaired) electrons. The van der Waals surface area contributed by atoms with E-state index in [9.17, 15) is 63.3 Å². The number of alkyl carbamates (subject to hydrolysis) is 1. The molecule has 2 aromatic carbocycles. The largest absolute Gasteiger partial charge is 0.508 e. The number of nitrogens with one attached hydrogen (secondary N) is 7. The van der Waals surface area contributed by atoms with Crippen LogP contribution in [0.3, 0.4) is 0 Å². The number of phenolic OH excluding ortho intramolecular Hbond substituents is 1. The average molecular weight is 927 g/mol.